The van der Waals surface area contributed by atoms with E-state index in [4.69, 9.17) is 4.74 Å². The molecule has 1 N–H and O–H groups in total. The van der Waals surface area contributed by atoms with E-state index in [1.807, 2.05) is 42.7 Å². The van der Waals surface area contributed by atoms with Gasteiger partial charge in [0.05, 0.1) is 11.7 Å². The van der Waals surface area contributed by atoms with Crippen LogP contribution in [0.1, 0.15) is 48.3 Å². The maximum atomic E-state index is 13.3. The summed E-state index contributed by atoms with van der Waals surface area (Å²) in [5.41, 5.74) is 3.03. The van der Waals surface area contributed by atoms with Gasteiger partial charge < -0.3 is 9.30 Å². The minimum atomic E-state index is -4.15. The largest absolute Gasteiger partial charge is 0.442 e. The Balaban J connectivity index is 1.39. The molecule has 0 saturated heterocycles. The summed E-state index contributed by atoms with van der Waals surface area (Å²) >= 11 is 1.18. The molecule has 0 radical (unpaired) electrons. The first-order valence-corrected chi connectivity index (χ1v) is 14.4. The molecule has 1 aromatic carbocycles. The number of nitrogens with one attached hydrogen (secondary N) is 1. The predicted octanol–water partition coefficient (Wildman–Crippen LogP) is 5.36. The van der Waals surface area contributed by atoms with Crippen molar-refractivity contribution in [1.29, 1.82) is 0 Å². The molecule has 0 fully saturated rings. The van der Waals surface area contributed by atoms with Crippen molar-refractivity contribution in [3.05, 3.63) is 89.1 Å². The molecule has 1 atom stereocenters. The number of nitrogens with zero attached hydrogens (tertiary/aromatic N) is 3. The fourth-order valence-corrected chi connectivity index (χ4v) is 7.41. The van der Waals surface area contributed by atoms with Gasteiger partial charge in [-0.25, -0.2) is 22.9 Å². The minimum absolute atomic E-state index is 0.100. The van der Waals surface area contributed by atoms with Crippen LogP contribution in [0.4, 0.5) is 4.79 Å². The molecule has 1 aliphatic rings. The van der Waals surface area contributed by atoms with Crippen molar-refractivity contribution >= 4 is 27.5 Å². The highest BCUT2D eigenvalue weighted by Crippen LogP contribution is 2.38. The summed E-state index contributed by atoms with van der Waals surface area (Å²) in [5, 5.41) is 0. The van der Waals surface area contributed by atoms with Gasteiger partial charge in [-0.3, -0.25) is 4.98 Å². The van der Waals surface area contributed by atoms with E-state index in [2.05, 4.69) is 33.1 Å². The zero-order chi connectivity index (χ0) is 26.0. The van der Waals surface area contributed by atoms with E-state index < -0.39 is 16.1 Å². The SMILES string of the molecule is CC(C)Cc1cc(-c2ccc([C@H]3CCc4nccn43)cc2)c(S(=O)(=O)NC(=O)OCc2ccccn2)s1. The number of pyridine rings is 1. The molecule has 10 heteroatoms. The smallest absolute Gasteiger partial charge is 0.421 e. The number of amides is 1. The number of carbonyl (C=O) groups excluding carboxylic acids is 1. The van der Waals surface area contributed by atoms with E-state index in [-0.39, 0.29) is 16.9 Å². The molecule has 0 bridgehead atoms. The number of ether oxygens (including phenoxy) is 1. The second-order valence-corrected chi connectivity index (χ2v) is 12.5. The number of rotatable bonds is 8. The van der Waals surface area contributed by atoms with Crippen LogP contribution in [-0.4, -0.2) is 29.0 Å². The molecule has 4 heterocycles. The predicted molar refractivity (Wildman–Crippen MR) is 142 cm³/mol. The Labute approximate surface area is 220 Å². The van der Waals surface area contributed by atoms with E-state index in [1.165, 1.54) is 11.3 Å². The van der Waals surface area contributed by atoms with Gasteiger partial charge >= 0.3 is 6.09 Å². The number of aromatic nitrogens is 3. The Bertz CT molecular complexity index is 1490. The van der Waals surface area contributed by atoms with Gasteiger partial charge in [0.25, 0.3) is 10.0 Å². The van der Waals surface area contributed by atoms with Crippen LogP contribution in [0.2, 0.25) is 0 Å². The van der Waals surface area contributed by atoms with Crippen LogP contribution >= 0.6 is 11.3 Å². The summed E-state index contributed by atoms with van der Waals surface area (Å²) in [7, 11) is -4.15. The summed E-state index contributed by atoms with van der Waals surface area (Å²) in [6.07, 6.45) is 7.03. The van der Waals surface area contributed by atoms with Crippen LogP contribution in [0.15, 0.2) is 71.3 Å². The average Bonchev–Trinajstić information content (AvgIpc) is 3.59. The summed E-state index contributed by atoms with van der Waals surface area (Å²) in [5.74, 6) is 1.44. The van der Waals surface area contributed by atoms with Crippen LogP contribution in [-0.2, 0) is 34.2 Å². The summed E-state index contributed by atoms with van der Waals surface area (Å²) in [6.45, 7) is 4.04. The molecule has 0 spiro atoms. The normalized spacial score (nSPS) is 15.1. The fourth-order valence-electron chi connectivity index (χ4n) is 4.57. The van der Waals surface area contributed by atoms with E-state index >= 15 is 0 Å². The van der Waals surface area contributed by atoms with Crippen LogP contribution in [0, 0.1) is 5.92 Å². The number of hydrogen-bond donors (Lipinski definition) is 1. The van der Waals surface area contributed by atoms with Crippen LogP contribution in [0.25, 0.3) is 11.1 Å². The second-order valence-electron chi connectivity index (χ2n) is 9.44. The number of aryl methyl sites for hydroxylation is 1. The van der Waals surface area contributed by atoms with Gasteiger partial charge in [-0.1, -0.05) is 44.2 Å². The first-order chi connectivity index (χ1) is 17.8. The molecular weight excluding hydrogens is 508 g/mol. The van der Waals surface area contributed by atoms with E-state index in [0.717, 1.165) is 41.1 Å². The molecule has 8 nitrogen and oxygen atoms in total. The third kappa shape index (κ3) is 5.60. The van der Waals surface area contributed by atoms with Crippen molar-refractivity contribution < 1.29 is 17.9 Å². The number of imidazole rings is 1. The summed E-state index contributed by atoms with van der Waals surface area (Å²) < 4.78 is 36.1. The minimum Gasteiger partial charge on any atom is -0.442 e. The lowest BCUT2D eigenvalue weighted by Gasteiger charge is -2.14. The lowest BCUT2D eigenvalue weighted by atomic mass is 10.0. The number of benzene rings is 1. The zero-order valence-corrected chi connectivity index (χ0v) is 22.3. The molecule has 37 heavy (non-hydrogen) atoms. The van der Waals surface area contributed by atoms with Gasteiger partial charge in [-0.05, 0) is 48.1 Å². The van der Waals surface area contributed by atoms with Crippen molar-refractivity contribution in [1.82, 2.24) is 19.3 Å². The topological polar surface area (TPSA) is 103 Å². The van der Waals surface area contributed by atoms with Crippen molar-refractivity contribution in [3.63, 3.8) is 0 Å². The Morgan fingerprint density at radius 2 is 1.97 bits per heavy atom. The Morgan fingerprint density at radius 3 is 2.70 bits per heavy atom. The number of fused-ring (bicyclic) bond motifs is 1. The van der Waals surface area contributed by atoms with Crippen LogP contribution < -0.4 is 4.72 Å². The molecule has 192 valence electrons. The second kappa shape index (κ2) is 10.5. The average molecular weight is 537 g/mol. The van der Waals surface area contributed by atoms with Gasteiger partial charge in [-0.2, -0.15) is 0 Å². The molecule has 0 aliphatic carbocycles. The molecule has 1 aliphatic heterocycles. The number of carbonyl (C=O) groups is 1. The van der Waals surface area contributed by atoms with E-state index in [9.17, 15) is 13.2 Å². The van der Waals surface area contributed by atoms with Crippen molar-refractivity contribution in [2.24, 2.45) is 5.92 Å². The Hall–Kier alpha value is -3.50. The third-order valence-electron chi connectivity index (χ3n) is 6.23. The molecule has 1 amide bonds. The Morgan fingerprint density at radius 1 is 1.16 bits per heavy atom. The highest BCUT2D eigenvalue weighted by molar-refractivity contribution is 7.92. The van der Waals surface area contributed by atoms with Crippen molar-refractivity contribution in [3.8, 4) is 11.1 Å². The summed E-state index contributed by atoms with van der Waals surface area (Å²) in [4.78, 5) is 21.8. The standard InChI is InChI=1S/C27H28N4O4S2/c1-18(2)15-22-16-23(19-6-8-20(9-7-19)24-10-11-25-29-13-14-31(24)25)26(36-22)37(33,34)30-27(32)35-17-21-5-3-4-12-28-21/h3-9,12-14,16,18,24H,10-11,15,17H2,1-2H3,(H,30,32)/t24-/m1/s1. The highest BCUT2D eigenvalue weighted by atomic mass is 32.2. The van der Waals surface area contributed by atoms with Crippen LogP contribution in [0.5, 0.6) is 0 Å². The molecule has 0 unspecified atom stereocenters. The molecule has 3 aromatic heterocycles. The number of hydrogen-bond acceptors (Lipinski definition) is 7. The molecule has 0 saturated carbocycles. The fraction of sp³-hybridized carbons (Fsp3) is 0.296. The Kier molecular flexibility index (Phi) is 7.12. The van der Waals surface area contributed by atoms with Gasteiger partial charge in [-0.15, -0.1) is 11.3 Å². The van der Waals surface area contributed by atoms with Gasteiger partial charge in [0.2, 0.25) is 0 Å². The third-order valence-corrected chi connectivity index (χ3v) is 9.23. The van der Waals surface area contributed by atoms with E-state index in [1.54, 1.807) is 24.4 Å². The first kappa shape index (κ1) is 25.2. The van der Waals surface area contributed by atoms with Crippen molar-refractivity contribution in [2.75, 3.05) is 0 Å². The monoisotopic (exact) mass is 536 g/mol. The quantitative estimate of drug-likeness (QED) is 0.325. The van der Waals surface area contributed by atoms with Gasteiger partial charge in [0.1, 0.15) is 16.6 Å². The van der Waals surface area contributed by atoms with E-state index in [0.29, 0.717) is 17.2 Å². The van der Waals surface area contributed by atoms with Crippen molar-refractivity contribution in [2.45, 2.75) is 50.0 Å². The summed E-state index contributed by atoms with van der Waals surface area (Å²) in [6, 6.07) is 15.3. The maximum absolute atomic E-state index is 13.3. The number of thiophene rings is 1. The first-order valence-electron chi connectivity index (χ1n) is 12.1. The zero-order valence-electron chi connectivity index (χ0n) is 20.6. The van der Waals surface area contributed by atoms with Crippen LogP contribution in [0.3, 0.4) is 0 Å². The van der Waals surface area contributed by atoms with Gasteiger partial charge in [0.15, 0.2) is 0 Å². The lowest BCUT2D eigenvalue weighted by molar-refractivity contribution is 0.144. The maximum Gasteiger partial charge on any atom is 0.421 e. The molecular formula is C27H28N4O4S2. The molecule has 4 aromatic rings. The number of sulfonamides is 1. The lowest BCUT2D eigenvalue weighted by Crippen LogP contribution is -2.30. The van der Waals surface area contributed by atoms with Gasteiger partial charge in [0, 0.05) is 35.5 Å². The molecule has 5 rings (SSSR count). The highest BCUT2D eigenvalue weighted by Gasteiger charge is 2.27.